The molecule has 0 spiro atoms. The van der Waals surface area contributed by atoms with Gasteiger partial charge in [-0.3, -0.25) is 14.9 Å². The molecule has 0 aliphatic rings. The minimum absolute atomic E-state index is 0.0457. The highest BCUT2D eigenvalue weighted by Crippen LogP contribution is 2.14. The number of benzene rings is 1. The Balaban J connectivity index is 1.78. The molecule has 0 fully saturated rings. The van der Waals surface area contributed by atoms with Crippen molar-refractivity contribution in [3.8, 4) is 5.75 Å². The highest BCUT2D eigenvalue weighted by atomic mass is 19.3. The molecule has 9 heteroatoms. The Bertz CT molecular complexity index is 842. The summed E-state index contributed by atoms with van der Waals surface area (Å²) in [4.78, 5) is 35.0. The number of carbonyl (C=O) groups excluding carboxylic acids is 3. The van der Waals surface area contributed by atoms with Crippen LogP contribution in [0.1, 0.15) is 21.9 Å². The van der Waals surface area contributed by atoms with E-state index in [-0.39, 0.29) is 11.3 Å². The van der Waals surface area contributed by atoms with Crippen LogP contribution in [0.2, 0.25) is 0 Å². The topological polar surface area (TPSA) is 94.8 Å². The van der Waals surface area contributed by atoms with Crippen LogP contribution in [0.25, 0.3) is 6.08 Å². The number of esters is 1. The van der Waals surface area contributed by atoms with Crippen molar-refractivity contribution in [3.63, 3.8) is 0 Å². The van der Waals surface area contributed by atoms with Crippen LogP contribution in [0.4, 0.5) is 8.78 Å². The molecule has 7 nitrogen and oxygen atoms in total. The maximum atomic E-state index is 12.1. The summed E-state index contributed by atoms with van der Waals surface area (Å²) in [6.45, 7) is -1.90. The lowest BCUT2D eigenvalue weighted by Crippen LogP contribution is -2.34. The molecular weight excluding hydrogens is 364 g/mol. The lowest BCUT2D eigenvalue weighted by molar-refractivity contribution is -0.143. The van der Waals surface area contributed by atoms with Crippen molar-refractivity contribution in [1.82, 2.24) is 5.32 Å². The first-order valence-corrected chi connectivity index (χ1v) is 7.64. The van der Waals surface area contributed by atoms with Gasteiger partial charge >= 0.3 is 12.6 Å². The third kappa shape index (κ3) is 6.73. The number of aryl methyl sites for hydroxylation is 1. The first-order valence-electron chi connectivity index (χ1n) is 7.64. The fourth-order valence-corrected chi connectivity index (χ4v) is 1.90. The predicted octanol–water partition coefficient (Wildman–Crippen LogP) is 2.70. The summed E-state index contributed by atoms with van der Waals surface area (Å²) in [7, 11) is 0. The zero-order valence-corrected chi connectivity index (χ0v) is 14.1. The average Bonchev–Trinajstić information content (AvgIpc) is 3.03. The Morgan fingerprint density at radius 2 is 1.85 bits per heavy atom. The van der Waals surface area contributed by atoms with Crippen molar-refractivity contribution in [2.75, 3.05) is 6.61 Å². The van der Waals surface area contributed by atoms with Crippen molar-refractivity contribution in [3.05, 3.63) is 59.6 Å². The molecule has 2 aromatic rings. The summed E-state index contributed by atoms with van der Waals surface area (Å²) < 4.78 is 38.2. The van der Waals surface area contributed by atoms with Gasteiger partial charge in [0.15, 0.2) is 6.61 Å². The summed E-state index contributed by atoms with van der Waals surface area (Å²) in [5.41, 5.74) is 0.0457. The summed E-state index contributed by atoms with van der Waals surface area (Å²) in [5, 5.41) is 2.00. The van der Waals surface area contributed by atoms with Gasteiger partial charge in [-0.05, 0) is 49.4 Å². The van der Waals surface area contributed by atoms with Gasteiger partial charge in [-0.1, -0.05) is 0 Å². The molecule has 27 heavy (non-hydrogen) atoms. The molecule has 0 radical (unpaired) electrons. The summed E-state index contributed by atoms with van der Waals surface area (Å²) in [6, 6.07) is 8.11. The van der Waals surface area contributed by atoms with Gasteiger partial charge < -0.3 is 13.9 Å². The third-order valence-electron chi connectivity index (χ3n) is 3.08. The minimum Gasteiger partial charge on any atom is -0.462 e. The van der Waals surface area contributed by atoms with Gasteiger partial charge in [0.25, 0.3) is 11.8 Å². The van der Waals surface area contributed by atoms with E-state index in [9.17, 15) is 23.2 Å². The average molecular weight is 379 g/mol. The van der Waals surface area contributed by atoms with Crippen molar-refractivity contribution >= 4 is 23.9 Å². The number of furan rings is 1. The minimum atomic E-state index is -2.98. The predicted molar refractivity (Wildman–Crippen MR) is 89.0 cm³/mol. The van der Waals surface area contributed by atoms with E-state index in [1.54, 1.807) is 19.1 Å². The zero-order chi connectivity index (χ0) is 19.8. The van der Waals surface area contributed by atoms with E-state index >= 15 is 0 Å². The lowest BCUT2D eigenvalue weighted by atomic mass is 10.2. The van der Waals surface area contributed by atoms with Gasteiger partial charge in [0.05, 0.1) is 0 Å². The number of nitrogens with one attached hydrogen (secondary N) is 1. The molecule has 0 atom stereocenters. The Labute approximate surface area is 152 Å². The second-order valence-corrected chi connectivity index (χ2v) is 5.17. The number of imide groups is 1. The Kier molecular flexibility index (Phi) is 6.81. The van der Waals surface area contributed by atoms with Crippen molar-refractivity contribution in [1.29, 1.82) is 0 Å². The standard InChI is InChI=1S/C18H15F2NO6/c1-11-2-5-13(26-11)8-9-16(23)25-10-15(22)21-17(24)12-3-6-14(7-4-12)27-18(19)20/h2-9,18H,10H2,1H3,(H,21,22,24). The van der Waals surface area contributed by atoms with E-state index in [1.807, 2.05) is 5.32 Å². The van der Waals surface area contributed by atoms with Crippen LogP contribution in [0.3, 0.4) is 0 Å². The molecule has 0 aliphatic heterocycles. The van der Waals surface area contributed by atoms with E-state index in [0.29, 0.717) is 11.5 Å². The van der Waals surface area contributed by atoms with Gasteiger partial charge in [-0.2, -0.15) is 8.78 Å². The van der Waals surface area contributed by atoms with Gasteiger partial charge in [-0.15, -0.1) is 0 Å². The molecule has 2 rings (SSSR count). The Morgan fingerprint density at radius 1 is 1.15 bits per heavy atom. The number of alkyl halides is 2. The van der Waals surface area contributed by atoms with Crippen LogP contribution in [-0.2, 0) is 14.3 Å². The molecule has 142 valence electrons. The maximum absolute atomic E-state index is 12.1. The number of carbonyl (C=O) groups is 3. The smallest absolute Gasteiger partial charge is 0.387 e. The Hall–Kier alpha value is -3.49. The van der Waals surface area contributed by atoms with E-state index in [4.69, 9.17) is 9.15 Å². The fourth-order valence-electron chi connectivity index (χ4n) is 1.90. The molecule has 1 N–H and O–H groups in total. The molecule has 0 bridgehead atoms. The molecule has 1 aromatic carbocycles. The van der Waals surface area contributed by atoms with E-state index in [1.165, 1.54) is 18.2 Å². The highest BCUT2D eigenvalue weighted by molar-refractivity contribution is 6.05. The number of rotatable bonds is 7. The molecule has 0 saturated carbocycles. The second kappa shape index (κ2) is 9.27. The number of ether oxygens (including phenoxy) is 2. The molecule has 1 heterocycles. The normalized spacial score (nSPS) is 10.8. The maximum Gasteiger partial charge on any atom is 0.387 e. The van der Waals surface area contributed by atoms with Crippen LogP contribution in [0, 0.1) is 6.92 Å². The number of amides is 2. The van der Waals surface area contributed by atoms with Crippen LogP contribution >= 0.6 is 0 Å². The molecule has 1 aromatic heterocycles. The largest absolute Gasteiger partial charge is 0.462 e. The quantitative estimate of drug-likeness (QED) is 0.587. The number of hydrogen-bond donors (Lipinski definition) is 1. The van der Waals surface area contributed by atoms with Crippen LogP contribution in [-0.4, -0.2) is 31.0 Å². The van der Waals surface area contributed by atoms with Gasteiger partial charge in [0.1, 0.15) is 17.3 Å². The second-order valence-electron chi connectivity index (χ2n) is 5.17. The highest BCUT2D eigenvalue weighted by Gasteiger charge is 2.12. The number of hydrogen-bond acceptors (Lipinski definition) is 6. The molecule has 0 unspecified atom stereocenters. The van der Waals surface area contributed by atoms with Crippen LogP contribution < -0.4 is 10.1 Å². The summed E-state index contributed by atoms with van der Waals surface area (Å²) in [5.74, 6) is -1.41. The monoisotopic (exact) mass is 379 g/mol. The molecular formula is C18H15F2NO6. The zero-order valence-electron chi connectivity index (χ0n) is 14.1. The van der Waals surface area contributed by atoms with Gasteiger partial charge in [-0.25, -0.2) is 4.79 Å². The van der Waals surface area contributed by atoms with Crippen molar-refractivity contribution in [2.45, 2.75) is 13.5 Å². The molecule has 0 aliphatic carbocycles. The lowest BCUT2D eigenvalue weighted by Gasteiger charge is -2.06. The molecule has 2 amide bonds. The van der Waals surface area contributed by atoms with Gasteiger partial charge in [0.2, 0.25) is 0 Å². The van der Waals surface area contributed by atoms with Gasteiger partial charge in [0, 0.05) is 11.6 Å². The van der Waals surface area contributed by atoms with Crippen LogP contribution in [0.5, 0.6) is 5.75 Å². The Morgan fingerprint density at radius 3 is 2.44 bits per heavy atom. The van der Waals surface area contributed by atoms with E-state index in [2.05, 4.69) is 4.74 Å². The van der Waals surface area contributed by atoms with E-state index < -0.39 is 31.0 Å². The van der Waals surface area contributed by atoms with Crippen molar-refractivity contribution in [2.24, 2.45) is 0 Å². The van der Waals surface area contributed by atoms with Crippen molar-refractivity contribution < 1.29 is 37.1 Å². The first-order chi connectivity index (χ1) is 12.8. The van der Waals surface area contributed by atoms with Crippen LogP contribution in [0.15, 0.2) is 46.9 Å². The summed E-state index contributed by atoms with van der Waals surface area (Å²) >= 11 is 0. The summed E-state index contributed by atoms with van der Waals surface area (Å²) in [6.07, 6.45) is 2.45. The third-order valence-corrected chi connectivity index (χ3v) is 3.08. The number of halogens is 2. The fraction of sp³-hybridized carbons (Fsp3) is 0.167. The SMILES string of the molecule is Cc1ccc(C=CC(=O)OCC(=O)NC(=O)c2ccc(OC(F)F)cc2)o1. The molecule has 0 saturated heterocycles. The first kappa shape index (κ1) is 19.8. The van der Waals surface area contributed by atoms with E-state index in [0.717, 1.165) is 18.2 Å².